The average molecular weight is 338 g/mol. The molecule has 0 spiro atoms. The summed E-state index contributed by atoms with van der Waals surface area (Å²) in [4.78, 5) is 22.8. The molecule has 128 valence electrons. The van der Waals surface area contributed by atoms with Gasteiger partial charge in [0.15, 0.2) is 5.65 Å². The van der Waals surface area contributed by atoms with Gasteiger partial charge in [0.25, 0.3) is 5.91 Å². The first kappa shape index (κ1) is 15.5. The lowest BCUT2D eigenvalue weighted by molar-refractivity contribution is 0.0303. The summed E-state index contributed by atoms with van der Waals surface area (Å²) in [6.45, 7) is 2.36. The van der Waals surface area contributed by atoms with Crippen LogP contribution >= 0.6 is 0 Å². The van der Waals surface area contributed by atoms with E-state index in [1.165, 1.54) is 6.33 Å². The van der Waals surface area contributed by atoms with Crippen LogP contribution < -0.4 is 5.73 Å². The Bertz CT molecular complexity index is 945. The lowest BCUT2D eigenvalue weighted by Crippen LogP contribution is -2.40. The Morgan fingerprint density at radius 2 is 2.04 bits per heavy atom. The van der Waals surface area contributed by atoms with E-state index >= 15 is 0 Å². The van der Waals surface area contributed by atoms with Crippen molar-refractivity contribution >= 4 is 22.8 Å². The van der Waals surface area contributed by atoms with Crippen LogP contribution in [0.15, 0.2) is 30.6 Å². The third-order valence-electron chi connectivity index (χ3n) is 4.33. The summed E-state index contributed by atoms with van der Waals surface area (Å²) in [6.07, 6.45) is 1.42. The van der Waals surface area contributed by atoms with Crippen LogP contribution in [0.4, 0.5) is 5.82 Å². The fourth-order valence-electron chi connectivity index (χ4n) is 3.06. The van der Waals surface area contributed by atoms with Crippen molar-refractivity contribution in [1.29, 1.82) is 0 Å². The number of amides is 1. The largest absolute Gasteiger partial charge is 0.383 e. The predicted octanol–water partition coefficient (Wildman–Crippen LogP) is 1.08. The van der Waals surface area contributed by atoms with E-state index in [1.807, 2.05) is 24.3 Å². The van der Waals surface area contributed by atoms with Crippen molar-refractivity contribution in [2.75, 3.05) is 32.0 Å². The van der Waals surface area contributed by atoms with Gasteiger partial charge in [0.1, 0.15) is 17.8 Å². The van der Waals surface area contributed by atoms with Gasteiger partial charge in [-0.2, -0.15) is 5.10 Å². The SMILES string of the molecule is Cn1nc(-c2cccc(C(=O)N3CCOCC3)c2)c2c(N)ncnc21. The lowest BCUT2D eigenvalue weighted by atomic mass is 10.1. The van der Waals surface area contributed by atoms with Gasteiger partial charge in [0.2, 0.25) is 0 Å². The average Bonchev–Trinajstić information content (AvgIpc) is 3.00. The molecule has 0 atom stereocenters. The first-order chi connectivity index (χ1) is 12.1. The van der Waals surface area contributed by atoms with Crippen molar-refractivity contribution in [3.05, 3.63) is 36.2 Å². The van der Waals surface area contributed by atoms with Crippen molar-refractivity contribution in [2.45, 2.75) is 0 Å². The smallest absolute Gasteiger partial charge is 0.254 e. The molecule has 1 aromatic carbocycles. The van der Waals surface area contributed by atoms with Crippen LogP contribution in [0.25, 0.3) is 22.3 Å². The number of rotatable bonds is 2. The first-order valence-electron chi connectivity index (χ1n) is 8.06. The molecule has 3 heterocycles. The first-order valence-corrected chi connectivity index (χ1v) is 8.06. The molecule has 4 rings (SSSR count). The summed E-state index contributed by atoms with van der Waals surface area (Å²) < 4.78 is 6.97. The Morgan fingerprint density at radius 3 is 2.84 bits per heavy atom. The number of hydrogen-bond donors (Lipinski definition) is 1. The highest BCUT2D eigenvalue weighted by Gasteiger charge is 2.20. The number of carbonyl (C=O) groups excluding carboxylic acids is 1. The molecule has 1 fully saturated rings. The molecule has 1 aliphatic rings. The molecular formula is C17H18N6O2. The van der Waals surface area contributed by atoms with Gasteiger partial charge in [-0.05, 0) is 12.1 Å². The molecule has 0 aliphatic carbocycles. The Morgan fingerprint density at radius 1 is 1.24 bits per heavy atom. The Balaban J connectivity index is 1.76. The number of aromatic nitrogens is 4. The maximum absolute atomic E-state index is 12.7. The van der Waals surface area contributed by atoms with Gasteiger partial charge >= 0.3 is 0 Å². The second-order valence-electron chi connectivity index (χ2n) is 5.92. The highest BCUT2D eigenvalue weighted by Crippen LogP contribution is 2.30. The summed E-state index contributed by atoms with van der Waals surface area (Å²) in [5.41, 5.74) is 8.79. The maximum atomic E-state index is 12.7. The molecule has 25 heavy (non-hydrogen) atoms. The van der Waals surface area contributed by atoms with E-state index in [2.05, 4.69) is 15.1 Å². The number of ether oxygens (including phenoxy) is 1. The van der Waals surface area contributed by atoms with E-state index in [0.29, 0.717) is 54.4 Å². The molecule has 3 aromatic rings. The van der Waals surface area contributed by atoms with E-state index < -0.39 is 0 Å². The number of hydrogen-bond acceptors (Lipinski definition) is 6. The van der Waals surface area contributed by atoms with E-state index in [9.17, 15) is 4.79 Å². The third-order valence-corrected chi connectivity index (χ3v) is 4.33. The molecule has 8 heteroatoms. The van der Waals surface area contributed by atoms with E-state index in [4.69, 9.17) is 10.5 Å². The molecule has 0 bridgehead atoms. The number of anilines is 1. The summed E-state index contributed by atoms with van der Waals surface area (Å²) in [5, 5.41) is 5.22. The number of aryl methyl sites for hydroxylation is 1. The number of nitrogens with zero attached hydrogens (tertiary/aromatic N) is 5. The lowest BCUT2D eigenvalue weighted by Gasteiger charge is -2.27. The number of morpholine rings is 1. The molecule has 1 saturated heterocycles. The molecule has 0 saturated carbocycles. The molecule has 0 unspecified atom stereocenters. The van der Waals surface area contributed by atoms with Crippen molar-refractivity contribution in [1.82, 2.24) is 24.6 Å². The number of nitrogen functional groups attached to an aromatic ring is 1. The molecular weight excluding hydrogens is 320 g/mol. The Labute approximate surface area is 144 Å². The highest BCUT2D eigenvalue weighted by atomic mass is 16.5. The zero-order valence-corrected chi connectivity index (χ0v) is 13.8. The number of nitrogens with two attached hydrogens (primary N) is 1. The Kier molecular flexibility index (Phi) is 3.81. The quantitative estimate of drug-likeness (QED) is 0.751. The van der Waals surface area contributed by atoms with Gasteiger partial charge in [0.05, 0.1) is 18.6 Å². The van der Waals surface area contributed by atoms with Gasteiger partial charge in [-0.25, -0.2) is 14.6 Å². The van der Waals surface area contributed by atoms with Crippen LogP contribution in [0.5, 0.6) is 0 Å². The number of fused-ring (bicyclic) bond motifs is 1. The summed E-state index contributed by atoms with van der Waals surface area (Å²) in [6, 6.07) is 7.41. The van der Waals surface area contributed by atoms with Crippen molar-refractivity contribution in [3.8, 4) is 11.3 Å². The Hall–Kier alpha value is -3.00. The van der Waals surface area contributed by atoms with Crippen molar-refractivity contribution in [3.63, 3.8) is 0 Å². The van der Waals surface area contributed by atoms with Crippen LogP contribution in [-0.2, 0) is 11.8 Å². The maximum Gasteiger partial charge on any atom is 0.254 e. The third kappa shape index (κ3) is 2.70. The van der Waals surface area contributed by atoms with Gasteiger partial charge in [-0.3, -0.25) is 4.79 Å². The normalized spacial score (nSPS) is 14.8. The number of benzene rings is 1. The van der Waals surface area contributed by atoms with Crippen LogP contribution in [0.1, 0.15) is 10.4 Å². The zero-order valence-electron chi connectivity index (χ0n) is 13.8. The molecule has 2 aromatic heterocycles. The van der Waals surface area contributed by atoms with Gasteiger partial charge in [-0.15, -0.1) is 0 Å². The monoisotopic (exact) mass is 338 g/mol. The summed E-state index contributed by atoms with van der Waals surface area (Å²) >= 11 is 0. The fourth-order valence-corrected chi connectivity index (χ4v) is 3.06. The van der Waals surface area contributed by atoms with Gasteiger partial charge in [0, 0.05) is 31.3 Å². The zero-order chi connectivity index (χ0) is 17.4. The molecule has 2 N–H and O–H groups in total. The van der Waals surface area contributed by atoms with Crippen LogP contribution in [0.3, 0.4) is 0 Å². The second kappa shape index (κ2) is 6.14. The van der Waals surface area contributed by atoms with Crippen molar-refractivity contribution < 1.29 is 9.53 Å². The summed E-state index contributed by atoms with van der Waals surface area (Å²) in [5.74, 6) is 0.368. The molecule has 8 nitrogen and oxygen atoms in total. The van der Waals surface area contributed by atoms with E-state index in [1.54, 1.807) is 16.6 Å². The predicted molar refractivity (Wildman–Crippen MR) is 92.9 cm³/mol. The minimum atomic E-state index is -0.00499. The van der Waals surface area contributed by atoms with Crippen molar-refractivity contribution in [2.24, 2.45) is 7.05 Å². The number of carbonyl (C=O) groups is 1. The van der Waals surface area contributed by atoms with E-state index in [-0.39, 0.29) is 5.91 Å². The molecule has 1 aliphatic heterocycles. The standard InChI is InChI=1S/C17H18N6O2/c1-22-16-13(15(18)19-10-20-16)14(21-22)11-3-2-4-12(9-11)17(24)23-5-7-25-8-6-23/h2-4,9-10H,5-8H2,1H3,(H2,18,19,20). The van der Waals surface area contributed by atoms with Gasteiger partial charge < -0.3 is 15.4 Å². The minimum Gasteiger partial charge on any atom is -0.383 e. The van der Waals surface area contributed by atoms with E-state index in [0.717, 1.165) is 5.56 Å². The highest BCUT2D eigenvalue weighted by molar-refractivity contribution is 6.00. The second-order valence-corrected chi connectivity index (χ2v) is 5.92. The molecule has 0 radical (unpaired) electrons. The van der Waals surface area contributed by atoms with Crippen LogP contribution in [0, 0.1) is 0 Å². The fraction of sp³-hybridized carbons (Fsp3) is 0.294. The molecule has 1 amide bonds. The van der Waals surface area contributed by atoms with Crippen LogP contribution in [-0.4, -0.2) is 56.9 Å². The van der Waals surface area contributed by atoms with Crippen LogP contribution in [0.2, 0.25) is 0 Å². The summed E-state index contributed by atoms with van der Waals surface area (Å²) in [7, 11) is 1.81. The van der Waals surface area contributed by atoms with Gasteiger partial charge in [-0.1, -0.05) is 12.1 Å². The topological polar surface area (TPSA) is 99.2 Å². The minimum absolute atomic E-state index is 0.00499.